The summed E-state index contributed by atoms with van der Waals surface area (Å²) in [6, 6.07) is 2.02. The number of pyridine rings is 1. The Hall–Kier alpha value is -0.720. The molecule has 102 valence electrons. The maximum atomic E-state index is 5.40. The Kier molecular flexibility index (Phi) is 4.00. The number of fused-ring (bicyclic) bond motifs is 1. The van der Waals surface area contributed by atoms with Crippen LogP contribution >= 0.6 is 28.1 Å². The van der Waals surface area contributed by atoms with Gasteiger partial charge < -0.3 is 14.5 Å². The maximum Gasteiger partial charge on any atom is 0.179 e. The normalized spacial score (nSPS) is 17.1. The quantitative estimate of drug-likeness (QED) is 0.870. The Balaban J connectivity index is 1.80. The van der Waals surface area contributed by atoms with E-state index >= 15 is 0 Å². The summed E-state index contributed by atoms with van der Waals surface area (Å²) >= 11 is 8.83. The van der Waals surface area contributed by atoms with E-state index in [2.05, 4.69) is 35.4 Å². The molecular formula is C13H17BrN4S. The predicted molar refractivity (Wildman–Crippen MR) is 82.9 cm³/mol. The van der Waals surface area contributed by atoms with E-state index in [-0.39, 0.29) is 0 Å². The van der Waals surface area contributed by atoms with Crippen LogP contribution in [0.25, 0.3) is 11.2 Å². The van der Waals surface area contributed by atoms with E-state index in [0.717, 1.165) is 33.5 Å². The molecular weight excluding hydrogens is 324 g/mol. The van der Waals surface area contributed by atoms with Crippen LogP contribution in [0.15, 0.2) is 16.7 Å². The van der Waals surface area contributed by atoms with Gasteiger partial charge in [-0.05, 0) is 60.1 Å². The molecule has 6 heteroatoms. The number of H-pyrrole nitrogens is 1. The van der Waals surface area contributed by atoms with Crippen molar-refractivity contribution >= 4 is 39.3 Å². The van der Waals surface area contributed by atoms with E-state index in [9.17, 15) is 0 Å². The minimum atomic E-state index is 0.762. The first-order valence-corrected chi connectivity index (χ1v) is 7.90. The highest BCUT2D eigenvalue weighted by Crippen LogP contribution is 2.17. The molecule has 0 radical (unpaired) electrons. The molecule has 0 saturated carbocycles. The average molecular weight is 341 g/mol. The number of likely N-dealkylation sites (tertiary alicyclic amines) is 1. The second-order valence-corrected chi connectivity index (χ2v) is 6.31. The van der Waals surface area contributed by atoms with Gasteiger partial charge in [-0.2, -0.15) is 0 Å². The van der Waals surface area contributed by atoms with Gasteiger partial charge in [0.2, 0.25) is 0 Å². The van der Waals surface area contributed by atoms with Gasteiger partial charge in [-0.15, -0.1) is 0 Å². The molecule has 4 nitrogen and oxygen atoms in total. The second kappa shape index (κ2) is 5.73. The summed E-state index contributed by atoms with van der Waals surface area (Å²) < 4.78 is 3.84. The molecule has 19 heavy (non-hydrogen) atoms. The van der Waals surface area contributed by atoms with E-state index < -0.39 is 0 Å². The minimum absolute atomic E-state index is 0.762. The lowest BCUT2D eigenvalue weighted by Crippen LogP contribution is -2.32. The molecule has 0 amide bonds. The third-order valence-corrected chi connectivity index (χ3v) is 4.42. The third kappa shape index (κ3) is 2.90. The number of hydrogen-bond donors (Lipinski definition) is 1. The lowest BCUT2D eigenvalue weighted by atomic mass is 10.1. The fourth-order valence-corrected chi connectivity index (χ4v) is 3.27. The number of piperidine rings is 1. The Labute approximate surface area is 126 Å². The van der Waals surface area contributed by atoms with Gasteiger partial charge in [-0.3, -0.25) is 0 Å². The molecule has 1 fully saturated rings. The van der Waals surface area contributed by atoms with Crippen LogP contribution in [-0.2, 0) is 6.54 Å². The summed E-state index contributed by atoms with van der Waals surface area (Å²) in [4.78, 5) is 10.2. The average Bonchev–Trinajstić information content (AvgIpc) is 2.72. The molecule has 1 saturated heterocycles. The number of halogens is 1. The van der Waals surface area contributed by atoms with Crippen LogP contribution in [0, 0.1) is 4.77 Å². The minimum Gasteiger partial charge on any atom is -0.329 e. The van der Waals surface area contributed by atoms with Gasteiger partial charge in [0.1, 0.15) is 0 Å². The van der Waals surface area contributed by atoms with Gasteiger partial charge in [0.15, 0.2) is 10.4 Å². The highest BCUT2D eigenvalue weighted by Gasteiger charge is 2.11. The monoisotopic (exact) mass is 340 g/mol. The highest BCUT2D eigenvalue weighted by atomic mass is 79.9. The van der Waals surface area contributed by atoms with Crippen molar-refractivity contribution in [1.29, 1.82) is 0 Å². The molecule has 2 aromatic heterocycles. The lowest BCUT2D eigenvalue weighted by Gasteiger charge is -2.26. The van der Waals surface area contributed by atoms with Crippen molar-refractivity contribution in [2.45, 2.75) is 25.8 Å². The smallest absolute Gasteiger partial charge is 0.179 e. The summed E-state index contributed by atoms with van der Waals surface area (Å²) in [6.07, 6.45) is 5.84. The molecule has 0 unspecified atom stereocenters. The fraction of sp³-hybridized carbons (Fsp3) is 0.538. The number of nitrogens with one attached hydrogen (secondary N) is 1. The van der Waals surface area contributed by atoms with E-state index in [1.165, 1.54) is 32.4 Å². The molecule has 1 aliphatic rings. The van der Waals surface area contributed by atoms with Gasteiger partial charge in [0.25, 0.3) is 0 Å². The first kappa shape index (κ1) is 13.3. The summed E-state index contributed by atoms with van der Waals surface area (Å²) in [5, 5.41) is 0. The second-order valence-electron chi connectivity index (χ2n) is 5.01. The number of aromatic amines is 1. The summed E-state index contributed by atoms with van der Waals surface area (Å²) in [5.41, 5.74) is 1.95. The summed E-state index contributed by atoms with van der Waals surface area (Å²) in [5.74, 6) is 0. The first-order valence-electron chi connectivity index (χ1n) is 6.70. The largest absolute Gasteiger partial charge is 0.329 e. The Morgan fingerprint density at radius 3 is 2.84 bits per heavy atom. The molecule has 3 rings (SSSR count). The van der Waals surface area contributed by atoms with Crippen molar-refractivity contribution in [2.24, 2.45) is 0 Å². The highest BCUT2D eigenvalue weighted by molar-refractivity contribution is 9.10. The van der Waals surface area contributed by atoms with Crippen LogP contribution in [0.2, 0.25) is 0 Å². The van der Waals surface area contributed by atoms with Crippen LogP contribution in [0.4, 0.5) is 0 Å². The van der Waals surface area contributed by atoms with Gasteiger partial charge in [-0.25, -0.2) is 4.98 Å². The molecule has 1 N–H and O–H groups in total. The molecule has 1 aliphatic heterocycles. The zero-order chi connectivity index (χ0) is 13.2. The first-order chi connectivity index (χ1) is 9.24. The van der Waals surface area contributed by atoms with Crippen molar-refractivity contribution < 1.29 is 0 Å². The predicted octanol–water partition coefficient (Wildman–Crippen LogP) is 3.34. The summed E-state index contributed by atoms with van der Waals surface area (Å²) in [6.45, 7) is 4.40. The lowest BCUT2D eigenvalue weighted by molar-refractivity contribution is 0.221. The number of rotatable bonds is 3. The molecule has 3 heterocycles. The Morgan fingerprint density at radius 2 is 2.05 bits per heavy atom. The van der Waals surface area contributed by atoms with E-state index in [1.54, 1.807) is 0 Å². The molecule has 0 aliphatic carbocycles. The molecule has 0 atom stereocenters. The van der Waals surface area contributed by atoms with E-state index in [4.69, 9.17) is 12.2 Å². The SMILES string of the molecule is S=c1[nH]c2cc(Br)cnc2n1CCN1CCCCC1. The Morgan fingerprint density at radius 1 is 1.26 bits per heavy atom. The van der Waals surface area contributed by atoms with Crippen molar-refractivity contribution in [3.8, 4) is 0 Å². The number of imidazole rings is 1. The summed E-state index contributed by atoms with van der Waals surface area (Å²) in [7, 11) is 0. The molecule has 2 aromatic rings. The standard InChI is InChI=1S/C13H17BrN4S/c14-10-8-11-12(15-9-10)18(13(19)16-11)7-6-17-4-2-1-3-5-17/h8-9H,1-7H2,(H,16,19). The van der Waals surface area contributed by atoms with E-state index in [0.29, 0.717) is 0 Å². The van der Waals surface area contributed by atoms with E-state index in [1.807, 2.05) is 12.3 Å². The van der Waals surface area contributed by atoms with Gasteiger partial charge >= 0.3 is 0 Å². The molecule has 0 spiro atoms. The van der Waals surface area contributed by atoms with Crippen molar-refractivity contribution in [3.63, 3.8) is 0 Å². The van der Waals surface area contributed by atoms with Crippen LogP contribution < -0.4 is 0 Å². The molecule has 0 aromatic carbocycles. The van der Waals surface area contributed by atoms with Crippen molar-refractivity contribution in [1.82, 2.24) is 19.4 Å². The Bertz CT molecular complexity index is 627. The van der Waals surface area contributed by atoms with Gasteiger partial charge in [-0.1, -0.05) is 6.42 Å². The zero-order valence-corrected chi connectivity index (χ0v) is 13.1. The topological polar surface area (TPSA) is 36.9 Å². The third-order valence-electron chi connectivity index (χ3n) is 3.66. The van der Waals surface area contributed by atoms with Crippen LogP contribution in [-0.4, -0.2) is 39.1 Å². The van der Waals surface area contributed by atoms with Crippen molar-refractivity contribution in [2.75, 3.05) is 19.6 Å². The van der Waals surface area contributed by atoms with Gasteiger partial charge in [0, 0.05) is 23.8 Å². The maximum absolute atomic E-state index is 5.40. The van der Waals surface area contributed by atoms with Crippen LogP contribution in [0.1, 0.15) is 19.3 Å². The zero-order valence-electron chi connectivity index (χ0n) is 10.7. The van der Waals surface area contributed by atoms with Crippen molar-refractivity contribution in [3.05, 3.63) is 21.5 Å². The number of nitrogens with zero attached hydrogens (tertiary/aromatic N) is 3. The van der Waals surface area contributed by atoms with Crippen LogP contribution in [0.5, 0.6) is 0 Å². The van der Waals surface area contributed by atoms with Gasteiger partial charge in [0.05, 0.1) is 5.52 Å². The number of hydrogen-bond acceptors (Lipinski definition) is 3. The number of aromatic nitrogens is 3. The molecule has 0 bridgehead atoms. The fourth-order valence-electron chi connectivity index (χ4n) is 2.65. The van der Waals surface area contributed by atoms with Crippen LogP contribution in [0.3, 0.4) is 0 Å².